The van der Waals surface area contributed by atoms with E-state index in [0.29, 0.717) is 38.6 Å². The monoisotopic (exact) mass is 773 g/mol. The van der Waals surface area contributed by atoms with E-state index < -0.39 is 29.6 Å². The Morgan fingerprint density at radius 2 is 1.25 bits per heavy atom. The minimum atomic E-state index is -0.745. The molecule has 0 saturated carbocycles. The van der Waals surface area contributed by atoms with Crippen molar-refractivity contribution in [1.29, 1.82) is 0 Å². The maximum atomic E-state index is 14.6. The van der Waals surface area contributed by atoms with E-state index in [1.807, 2.05) is 95.3 Å². The van der Waals surface area contributed by atoms with Crippen LogP contribution in [0, 0.1) is 41.4 Å². The molecule has 0 bridgehead atoms. The Hall–Kier alpha value is -4.11. The van der Waals surface area contributed by atoms with Gasteiger partial charge in [0.05, 0.1) is 6.54 Å². The molecule has 2 aromatic carbocycles. The van der Waals surface area contributed by atoms with Crippen molar-refractivity contribution in [1.82, 2.24) is 4.90 Å². The van der Waals surface area contributed by atoms with Gasteiger partial charge in [-0.2, -0.15) is 0 Å². The number of ketones is 5. The van der Waals surface area contributed by atoms with E-state index in [2.05, 4.69) is 0 Å². The Labute approximate surface area is 335 Å². The van der Waals surface area contributed by atoms with Crippen LogP contribution in [0.4, 0.5) is 0 Å². The number of aldehydes is 1. The maximum Gasteiger partial charge on any atom is 0.227 e. The molecule has 0 aliphatic rings. The zero-order valence-corrected chi connectivity index (χ0v) is 34.9. The highest BCUT2D eigenvalue weighted by molar-refractivity contribution is 5.95. The van der Waals surface area contributed by atoms with E-state index in [4.69, 9.17) is 5.73 Å². The fraction of sp³-hybridized carbons (Fsp3) is 0.596. The number of hydrogen-bond acceptors (Lipinski definition) is 8. The molecule has 2 rings (SSSR count). The number of carbonyl (C=O) groups is 7. The number of nitrogens with two attached hydrogens (primary N) is 1. The molecular weight excluding hydrogens is 705 g/mol. The van der Waals surface area contributed by atoms with Crippen molar-refractivity contribution in [2.45, 2.75) is 125 Å². The van der Waals surface area contributed by atoms with Crippen LogP contribution < -0.4 is 5.73 Å². The smallest absolute Gasteiger partial charge is 0.227 e. The second-order valence-electron chi connectivity index (χ2n) is 16.6. The number of nitrogens with zero attached hydrogens (tertiary/aromatic N) is 1. The van der Waals surface area contributed by atoms with E-state index in [9.17, 15) is 33.6 Å². The van der Waals surface area contributed by atoms with E-state index in [1.165, 1.54) is 4.90 Å². The topological polar surface area (TPSA) is 149 Å². The quantitative estimate of drug-likeness (QED) is 0.0621. The van der Waals surface area contributed by atoms with Crippen LogP contribution in [0.1, 0.15) is 123 Å². The summed E-state index contributed by atoms with van der Waals surface area (Å²) in [5, 5.41) is 0. The second-order valence-corrected chi connectivity index (χ2v) is 16.6. The zero-order valence-electron chi connectivity index (χ0n) is 34.9. The summed E-state index contributed by atoms with van der Waals surface area (Å²) < 4.78 is 0. The van der Waals surface area contributed by atoms with Crippen molar-refractivity contribution in [3.05, 3.63) is 71.8 Å². The molecule has 0 aromatic heterocycles. The third kappa shape index (κ3) is 17.8. The van der Waals surface area contributed by atoms with Crippen molar-refractivity contribution in [3.63, 3.8) is 0 Å². The summed E-state index contributed by atoms with van der Waals surface area (Å²) in [6.07, 6.45) is 4.78. The first-order chi connectivity index (χ1) is 26.7. The van der Waals surface area contributed by atoms with Gasteiger partial charge in [0.15, 0.2) is 5.78 Å². The number of carbonyl (C=O) groups excluding carboxylic acids is 7. The van der Waals surface area contributed by atoms with E-state index in [-0.39, 0.29) is 91.9 Å². The van der Waals surface area contributed by atoms with Gasteiger partial charge in [-0.15, -0.1) is 0 Å². The Balaban J connectivity index is 2.37. The van der Waals surface area contributed by atoms with Crippen LogP contribution in [0.2, 0.25) is 0 Å². The third-order valence-corrected chi connectivity index (χ3v) is 10.6. The summed E-state index contributed by atoms with van der Waals surface area (Å²) in [6, 6.07) is 18.8. The summed E-state index contributed by atoms with van der Waals surface area (Å²) in [5.41, 5.74) is 7.43. The number of amides is 1. The normalized spacial score (nSPS) is 14.1. The predicted octanol–water partition coefficient (Wildman–Crippen LogP) is 7.98. The third-order valence-electron chi connectivity index (χ3n) is 10.6. The lowest BCUT2D eigenvalue weighted by atomic mass is 9.79. The molecule has 0 aliphatic carbocycles. The van der Waals surface area contributed by atoms with Gasteiger partial charge in [0.1, 0.15) is 29.4 Å². The molecule has 0 fully saturated rings. The van der Waals surface area contributed by atoms with Crippen LogP contribution in [0.25, 0.3) is 0 Å². The van der Waals surface area contributed by atoms with Crippen LogP contribution in [-0.4, -0.2) is 59.1 Å². The highest BCUT2D eigenvalue weighted by atomic mass is 16.2. The van der Waals surface area contributed by atoms with Gasteiger partial charge in [0, 0.05) is 74.7 Å². The van der Waals surface area contributed by atoms with E-state index in [1.54, 1.807) is 6.92 Å². The summed E-state index contributed by atoms with van der Waals surface area (Å²) >= 11 is 0. The summed E-state index contributed by atoms with van der Waals surface area (Å²) in [7, 11) is 0. The number of rotatable bonds is 30. The lowest BCUT2D eigenvalue weighted by molar-refractivity contribution is -0.143. The lowest BCUT2D eigenvalue weighted by Crippen LogP contribution is -2.42. The Kier molecular flexibility index (Phi) is 22.2. The minimum Gasteiger partial charge on any atom is -0.331 e. The molecule has 1 amide bonds. The molecule has 56 heavy (non-hydrogen) atoms. The lowest BCUT2D eigenvalue weighted by Gasteiger charge is -2.30. The molecule has 0 saturated heterocycles. The standard InChI is InChI=1S/C47H68N2O7/c1-7-16-41(51)26-38(21-14-15-22-48)45(54)28-39(23-33(2)3)46(55)29-43(34(4)5)47(56)49(30-37-19-12-9-13-20-37)31-42(52)27-40(44(53)24-35(6)32-50)25-36-17-10-8-11-18-36/h8-13,17-20,32-35,38-40,43H,7,14-16,21-31,48H2,1-6H3. The summed E-state index contributed by atoms with van der Waals surface area (Å²) in [4.78, 5) is 95.4. The molecule has 5 unspecified atom stereocenters. The van der Waals surface area contributed by atoms with Gasteiger partial charge in [0.2, 0.25) is 5.91 Å². The Morgan fingerprint density at radius 1 is 0.679 bits per heavy atom. The maximum absolute atomic E-state index is 14.6. The first kappa shape index (κ1) is 48.0. The molecule has 0 heterocycles. The van der Waals surface area contributed by atoms with Crippen LogP contribution in [0.5, 0.6) is 0 Å². The highest BCUT2D eigenvalue weighted by Crippen LogP contribution is 2.29. The van der Waals surface area contributed by atoms with Crippen molar-refractivity contribution < 1.29 is 33.6 Å². The van der Waals surface area contributed by atoms with Crippen LogP contribution in [-0.2, 0) is 46.5 Å². The van der Waals surface area contributed by atoms with Crippen molar-refractivity contribution in [3.8, 4) is 0 Å². The fourth-order valence-electron chi connectivity index (χ4n) is 7.40. The van der Waals surface area contributed by atoms with Crippen LogP contribution in [0.3, 0.4) is 0 Å². The number of benzene rings is 2. The average Bonchev–Trinajstić information content (AvgIpc) is 3.16. The van der Waals surface area contributed by atoms with Gasteiger partial charge < -0.3 is 15.4 Å². The van der Waals surface area contributed by atoms with Gasteiger partial charge in [0.25, 0.3) is 0 Å². The van der Waals surface area contributed by atoms with Crippen molar-refractivity contribution in [2.24, 2.45) is 47.2 Å². The summed E-state index contributed by atoms with van der Waals surface area (Å²) in [5.74, 6) is -4.04. The van der Waals surface area contributed by atoms with Gasteiger partial charge in [-0.25, -0.2) is 0 Å². The fourth-order valence-corrected chi connectivity index (χ4v) is 7.40. The molecular formula is C47H68N2O7. The zero-order chi connectivity index (χ0) is 41.6. The SMILES string of the molecule is CCCC(=O)CC(CCCCN)C(=O)CC(CC(C)C)C(=O)CC(C(=O)N(CC(=O)CC(Cc1ccccc1)C(=O)CC(C)C=O)Cc1ccccc1)C(C)C. The Morgan fingerprint density at radius 3 is 1.80 bits per heavy atom. The van der Waals surface area contributed by atoms with Gasteiger partial charge >= 0.3 is 0 Å². The first-order valence-electron chi connectivity index (χ1n) is 20.8. The molecule has 308 valence electrons. The van der Waals surface area contributed by atoms with Crippen molar-refractivity contribution >= 4 is 41.1 Å². The largest absolute Gasteiger partial charge is 0.331 e. The molecule has 0 spiro atoms. The van der Waals surface area contributed by atoms with E-state index >= 15 is 0 Å². The molecule has 2 aromatic rings. The first-order valence-corrected chi connectivity index (χ1v) is 20.8. The van der Waals surface area contributed by atoms with Crippen molar-refractivity contribution in [2.75, 3.05) is 13.1 Å². The summed E-state index contributed by atoms with van der Waals surface area (Å²) in [6.45, 7) is 11.8. The van der Waals surface area contributed by atoms with Crippen LogP contribution in [0.15, 0.2) is 60.7 Å². The van der Waals surface area contributed by atoms with E-state index in [0.717, 1.165) is 30.3 Å². The molecule has 0 radical (unpaired) electrons. The van der Waals surface area contributed by atoms with Gasteiger partial charge in [-0.3, -0.25) is 28.8 Å². The van der Waals surface area contributed by atoms with Gasteiger partial charge in [-0.05, 0) is 61.6 Å². The minimum absolute atomic E-state index is 0.0223. The van der Waals surface area contributed by atoms with Gasteiger partial charge in [-0.1, -0.05) is 109 Å². The number of hydrogen-bond donors (Lipinski definition) is 1. The number of unbranched alkanes of at least 4 members (excludes halogenated alkanes) is 1. The van der Waals surface area contributed by atoms with Crippen LogP contribution >= 0.6 is 0 Å². The second kappa shape index (κ2) is 25.9. The predicted molar refractivity (Wildman–Crippen MR) is 221 cm³/mol. The molecule has 2 N–H and O–H groups in total. The molecule has 9 heteroatoms. The molecule has 5 atom stereocenters. The highest BCUT2D eigenvalue weighted by Gasteiger charge is 2.35. The molecule has 0 aliphatic heterocycles. The molecule has 9 nitrogen and oxygen atoms in total. The average molecular weight is 773 g/mol. The number of Topliss-reactive ketones (excluding diaryl/α,β-unsaturated/α-hetero) is 5. The Bertz CT molecular complexity index is 1540.